The van der Waals surface area contributed by atoms with Gasteiger partial charge in [0, 0.05) is 30.3 Å². The minimum Gasteiger partial charge on any atom is -0.471 e. The molecule has 1 N–H and O–H groups in total. The number of carbonyl (C=O) groups is 1. The number of aromatic nitrogens is 2. The van der Waals surface area contributed by atoms with E-state index in [2.05, 4.69) is 15.3 Å². The molecule has 3 fully saturated rings. The van der Waals surface area contributed by atoms with Gasteiger partial charge in [-0.2, -0.15) is 14.6 Å². The summed E-state index contributed by atoms with van der Waals surface area (Å²) < 4.78 is 32.1. The second kappa shape index (κ2) is 8.32. The summed E-state index contributed by atoms with van der Waals surface area (Å²) in [5.74, 6) is -1.01. The van der Waals surface area contributed by atoms with E-state index >= 15 is 4.39 Å². The number of benzene rings is 1. The summed E-state index contributed by atoms with van der Waals surface area (Å²) in [7, 11) is 0. The highest BCUT2D eigenvalue weighted by Crippen LogP contribution is 2.60. The van der Waals surface area contributed by atoms with E-state index < -0.39 is 5.82 Å². The van der Waals surface area contributed by atoms with Gasteiger partial charge in [0.2, 0.25) is 5.82 Å². The number of rotatable bonds is 5. The van der Waals surface area contributed by atoms with Gasteiger partial charge >= 0.3 is 6.09 Å². The van der Waals surface area contributed by atoms with Crippen LogP contribution in [0.4, 0.5) is 20.7 Å². The standard InChI is InChI=1S/C22H21ClFN5O4/c1-2-32-21(30)29-7-13-18(14-8-31-10-22(13,14)9-29)33-20-17(24)19(26-11-27-20)28-16-4-3-12(6-25)5-15(16)23/h3-5,11,13-14,18H,2,7-10H2,1H3,(H,26,27,28). The van der Waals surface area contributed by atoms with E-state index in [9.17, 15) is 4.79 Å². The fourth-order valence-corrected chi connectivity index (χ4v) is 5.38. The van der Waals surface area contributed by atoms with E-state index in [4.69, 9.17) is 31.1 Å². The first-order chi connectivity index (χ1) is 16.0. The molecule has 1 saturated carbocycles. The van der Waals surface area contributed by atoms with Crippen molar-refractivity contribution in [1.29, 1.82) is 5.26 Å². The number of hydrogen-bond donors (Lipinski definition) is 1. The third-order valence-corrected chi connectivity index (χ3v) is 7.04. The van der Waals surface area contributed by atoms with Crippen LogP contribution in [-0.2, 0) is 9.47 Å². The molecule has 5 rings (SSSR count). The maximum Gasteiger partial charge on any atom is 0.409 e. The summed E-state index contributed by atoms with van der Waals surface area (Å²) in [4.78, 5) is 21.9. The number of carbonyl (C=O) groups excluding carboxylic acids is 1. The average molecular weight is 474 g/mol. The number of amides is 1. The Kier molecular flexibility index (Phi) is 5.46. The maximum atomic E-state index is 15.2. The smallest absolute Gasteiger partial charge is 0.409 e. The average Bonchev–Trinajstić information content (AvgIpc) is 3.34. The third kappa shape index (κ3) is 3.52. The zero-order valence-electron chi connectivity index (χ0n) is 17.8. The number of halogens is 2. The molecule has 1 aromatic carbocycles. The lowest BCUT2D eigenvalue weighted by molar-refractivity contribution is -0.103. The van der Waals surface area contributed by atoms with E-state index in [0.717, 1.165) is 0 Å². The first-order valence-corrected chi connectivity index (χ1v) is 11.0. The second-order valence-electron chi connectivity index (χ2n) is 8.40. The van der Waals surface area contributed by atoms with Crippen LogP contribution in [0.5, 0.6) is 5.88 Å². The van der Waals surface area contributed by atoms with Gasteiger partial charge in [-0.1, -0.05) is 11.6 Å². The maximum absolute atomic E-state index is 15.2. The van der Waals surface area contributed by atoms with Crippen LogP contribution in [0, 0.1) is 34.4 Å². The number of nitrogens with one attached hydrogen (secondary N) is 1. The second-order valence-corrected chi connectivity index (χ2v) is 8.80. The van der Waals surface area contributed by atoms with Crippen molar-refractivity contribution in [3.63, 3.8) is 0 Å². The Morgan fingerprint density at radius 3 is 3.06 bits per heavy atom. The van der Waals surface area contributed by atoms with Crippen molar-refractivity contribution in [1.82, 2.24) is 14.9 Å². The van der Waals surface area contributed by atoms with Crippen LogP contribution in [0.2, 0.25) is 5.02 Å². The summed E-state index contributed by atoms with van der Waals surface area (Å²) in [6.07, 6.45) is 0.502. The monoisotopic (exact) mass is 473 g/mol. The summed E-state index contributed by atoms with van der Waals surface area (Å²) in [6, 6.07) is 6.60. The van der Waals surface area contributed by atoms with Crippen LogP contribution in [0.15, 0.2) is 24.5 Å². The summed E-state index contributed by atoms with van der Waals surface area (Å²) in [5.41, 5.74) is 0.586. The number of nitrogens with zero attached hydrogens (tertiary/aromatic N) is 4. The highest BCUT2D eigenvalue weighted by Gasteiger charge is 2.70. The van der Waals surface area contributed by atoms with Crippen LogP contribution < -0.4 is 10.1 Å². The minimum atomic E-state index is -0.755. The molecule has 4 unspecified atom stereocenters. The van der Waals surface area contributed by atoms with E-state index in [1.165, 1.54) is 12.4 Å². The first kappa shape index (κ1) is 21.7. The Labute approximate surface area is 194 Å². The molecule has 1 aliphatic carbocycles. The van der Waals surface area contributed by atoms with Gasteiger partial charge in [0.15, 0.2) is 5.82 Å². The number of likely N-dealkylation sites (tertiary alicyclic amines) is 1. The molecule has 2 aromatic rings. The Hall–Kier alpha value is -3.16. The molecular formula is C22H21ClFN5O4. The molecule has 172 valence electrons. The predicted molar refractivity (Wildman–Crippen MR) is 115 cm³/mol. The Morgan fingerprint density at radius 2 is 2.30 bits per heavy atom. The Balaban J connectivity index is 1.34. The molecule has 9 nitrogen and oxygen atoms in total. The molecule has 3 aliphatic rings. The molecule has 1 spiro atoms. The van der Waals surface area contributed by atoms with E-state index in [1.54, 1.807) is 24.0 Å². The number of hydrogen-bond acceptors (Lipinski definition) is 8. The normalized spacial score (nSPS) is 27.2. The van der Waals surface area contributed by atoms with Crippen molar-refractivity contribution < 1.29 is 23.4 Å². The number of anilines is 2. The third-order valence-electron chi connectivity index (χ3n) is 6.72. The van der Waals surface area contributed by atoms with Gasteiger partial charge in [-0.05, 0) is 25.1 Å². The topological polar surface area (TPSA) is 110 Å². The van der Waals surface area contributed by atoms with Crippen LogP contribution >= 0.6 is 11.6 Å². The van der Waals surface area contributed by atoms with Crippen molar-refractivity contribution in [3.8, 4) is 11.9 Å². The molecular weight excluding hydrogens is 453 g/mol. The highest BCUT2D eigenvalue weighted by molar-refractivity contribution is 6.33. The largest absolute Gasteiger partial charge is 0.471 e. The summed E-state index contributed by atoms with van der Waals surface area (Å²) in [6.45, 7) is 4.09. The van der Waals surface area contributed by atoms with Crippen molar-refractivity contribution in [2.75, 3.05) is 38.2 Å². The van der Waals surface area contributed by atoms with E-state index in [1.807, 2.05) is 6.07 Å². The molecule has 3 heterocycles. The molecule has 1 amide bonds. The fraction of sp³-hybridized carbons (Fsp3) is 0.455. The molecule has 2 saturated heterocycles. The Bertz CT molecular complexity index is 1140. The van der Waals surface area contributed by atoms with Crippen LogP contribution in [0.1, 0.15) is 12.5 Å². The minimum absolute atomic E-state index is 0.00634. The summed E-state index contributed by atoms with van der Waals surface area (Å²) >= 11 is 6.18. The summed E-state index contributed by atoms with van der Waals surface area (Å²) in [5, 5.41) is 12.1. The van der Waals surface area contributed by atoms with Crippen LogP contribution in [0.3, 0.4) is 0 Å². The van der Waals surface area contributed by atoms with Gasteiger partial charge in [-0.25, -0.2) is 9.78 Å². The van der Waals surface area contributed by atoms with Crippen LogP contribution in [-0.4, -0.2) is 60.0 Å². The molecule has 33 heavy (non-hydrogen) atoms. The Morgan fingerprint density at radius 1 is 1.45 bits per heavy atom. The van der Waals surface area contributed by atoms with Gasteiger partial charge in [-0.15, -0.1) is 0 Å². The van der Waals surface area contributed by atoms with Crippen molar-refractivity contribution in [2.45, 2.75) is 13.0 Å². The van der Waals surface area contributed by atoms with E-state index in [-0.39, 0.29) is 46.2 Å². The predicted octanol–water partition coefficient (Wildman–Crippen LogP) is 3.37. The van der Waals surface area contributed by atoms with Crippen LogP contribution in [0.25, 0.3) is 0 Å². The molecule has 4 atom stereocenters. The van der Waals surface area contributed by atoms with Gasteiger partial charge in [0.25, 0.3) is 5.88 Å². The quantitative estimate of drug-likeness (QED) is 0.704. The molecule has 0 radical (unpaired) electrons. The van der Waals surface area contributed by atoms with Gasteiger partial charge in [0.1, 0.15) is 12.4 Å². The molecule has 11 heteroatoms. The molecule has 1 aromatic heterocycles. The molecule has 2 aliphatic heterocycles. The lowest BCUT2D eigenvalue weighted by atomic mass is 9.54. The van der Waals surface area contributed by atoms with E-state index in [0.29, 0.717) is 44.2 Å². The number of nitriles is 1. The number of ether oxygens (including phenoxy) is 3. The van der Waals surface area contributed by atoms with Gasteiger partial charge < -0.3 is 24.4 Å². The SMILES string of the molecule is CCOC(=O)N1CC2C(Oc3ncnc(Nc4ccc(C#N)cc4Cl)c3F)C3COCC32C1. The van der Waals surface area contributed by atoms with Crippen molar-refractivity contribution >= 4 is 29.2 Å². The lowest BCUT2D eigenvalue weighted by Gasteiger charge is -2.51. The zero-order chi connectivity index (χ0) is 23.2. The zero-order valence-corrected chi connectivity index (χ0v) is 18.5. The lowest BCUT2D eigenvalue weighted by Crippen LogP contribution is -2.61. The molecule has 0 bridgehead atoms. The van der Waals surface area contributed by atoms with Gasteiger partial charge in [0.05, 0.1) is 42.2 Å². The first-order valence-electron chi connectivity index (χ1n) is 10.6. The van der Waals surface area contributed by atoms with Crippen molar-refractivity contribution in [3.05, 3.63) is 40.9 Å². The van der Waals surface area contributed by atoms with Crippen molar-refractivity contribution in [2.24, 2.45) is 17.3 Å². The highest BCUT2D eigenvalue weighted by atomic mass is 35.5. The fourth-order valence-electron chi connectivity index (χ4n) is 5.15. The van der Waals surface area contributed by atoms with Gasteiger partial charge in [-0.3, -0.25) is 0 Å².